The summed E-state index contributed by atoms with van der Waals surface area (Å²) < 4.78 is 6.78. The maximum Gasteiger partial charge on any atom is 0.289 e. The Kier molecular flexibility index (Phi) is 5.18. The fourth-order valence-electron chi connectivity index (χ4n) is 3.19. The number of likely N-dealkylation sites (tertiary alicyclic amines) is 1. The minimum Gasteiger partial charge on any atom is -0.451 e. The van der Waals surface area contributed by atoms with Gasteiger partial charge in [0.25, 0.3) is 5.91 Å². The molecular weight excluding hydrogens is 384 g/mol. The molecule has 6 heteroatoms. The van der Waals surface area contributed by atoms with Gasteiger partial charge in [0.1, 0.15) is 5.58 Å². The van der Waals surface area contributed by atoms with Crippen LogP contribution in [-0.4, -0.2) is 35.8 Å². The highest BCUT2D eigenvalue weighted by Crippen LogP contribution is 2.29. The molecule has 1 aromatic heterocycles. The van der Waals surface area contributed by atoms with Crippen LogP contribution in [0.2, 0.25) is 0 Å². The Labute approximate surface area is 155 Å². The van der Waals surface area contributed by atoms with Crippen molar-refractivity contribution in [2.75, 3.05) is 13.1 Å². The van der Waals surface area contributed by atoms with E-state index in [1.165, 1.54) is 0 Å². The standard InChI is InChI=1S/C19H23BrN2O3/c1-11(2)18(23)21-14-5-4-8-22(10-14)19(24)17-12(3)15-9-13(20)6-7-16(15)25-17/h6-7,9,11,14H,4-5,8,10H2,1-3H3,(H,21,23). The number of furan rings is 1. The average Bonchev–Trinajstić information content (AvgIpc) is 2.91. The lowest BCUT2D eigenvalue weighted by Gasteiger charge is -2.33. The van der Waals surface area contributed by atoms with Crippen LogP contribution >= 0.6 is 15.9 Å². The second-order valence-corrected chi connectivity index (χ2v) is 7.87. The molecular formula is C19H23BrN2O3. The summed E-state index contributed by atoms with van der Waals surface area (Å²) in [6.45, 7) is 6.87. The Bertz CT molecular complexity index is 812. The Hall–Kier alpha value is -1.82. The van der Waals surface area contributed by atoms with Crippen LogP contribution in [0, 0.1) is 12.8 Å². The second kappa shape index (κ2) is 7.20. The first-order valence-electron chi connectivity index (χ1n) is 8.65. The van der Waals surface area contributed by atoms with Gasteiger partial charge < -0.3 is 14.6 Å². The van der Waals surface area contributed by atoms with E-state index in [0.717, 1.165) is 28.3 Å². The molecule has 2 heterocycles. The lowest BCUT2D eigenvalue weighted by Crippen LogP contribution is -2.50. The smallest absolute Gasteiger partial charge is 0.289 e. The zero-order valence-electron chi connectivity index (χ0n) is 14.8. The Morgan fingerprint density at radius 2 is 2.12 bits per heavy atom. The third kappa shape index (κ3) is 3.73. The maximum absolute atomic E-state index is 12.9. The number of hydrogen-bond acceptors (Lipinski definition) is 3. The van der Waals surface area contributed by atoms with Crippen molar-refractivity contribution < 1.29 is 14.0 Å². The van der Waals surface area contributed by atoms with Gasteiger partial charge in [-0.1, -0.05) is 29.8 Å². The molecule has 0 spiro atoms. The van der Waals surface area contributed by atoms with Crippen molar-refractivity contribution >= 4 is 38.7 Å². The number of hydrogen-bond donors (Lipinski definition) is 1. The summed E-state index contributed by atoms with van der Waals surface area (Å²) in [5.74, 6) is 0.267. The number of halogens is 1. The summed E-state index contributed by atoms with van der Waals surface area (Å²) in [5, 5.41) is 3.98. The fraction of sp³-hybridized carbons (Fsp3) is 0.474. The monoisotopic (exact) mass is 406 g/mol. The number of benzene rings is 1. The highest BCUT2D eigenvalue weighted by molar-refractivity contribution is 9.10. The van der Waals surface area contributed by atoms with Crippen molar-refractivity contribution in [3.05, 3.63) is 34.0 Å². The van der Waals surface area contributed by atoms with E-state index in [1.54, 1.807) is 4.90 Å². The number of piperidine rings is 1. The molecule has 1 aliphatic rings. The van der Waals surface area contributed by atoms with Gasteiger partial charge >= 0.3 is 0 Å². The number of aryl methyl sites for hydroxylation is 1. The van der Waals surface area contributed by atoms with Gasteiger partial charge in [-0.05, 0) is 38.0 Å². The van der Waals surface area contributed by atoms with E-state index >= 15 is 0 Å². The minimum atomic E-state index is -0.103. The summed E-state index contributed by atoms with van der Waals surface area (Å²) in [4.78, 5) is 26.7. The third-order valence-corrected chi connectivity index (χ3v) is 5.17. The first-order chi connectivity index (χ1) is 11.9. The van der Waals surface area contributed by atoms with Crippen LogP contribution in [0.3, 0.4) is 0 Å². The fourth-order valence-corrected chi connectivity index (χ4v) is 3.55. The minimum absolute atomic E-state index is 0.00595. The number of amides is 2. The Morgan fingerprint density at radius 1 is 1.36 bits per heavy atom. The van der Waals surface area contributed by atoms with Gasteiger partial charge in [0.05, 0.1) is 0 Å². The van der Waals surface area contributed by atoms with Crippen molar-refractivity contribution in [2.24, 2.45) is 5.92 Å². The van der Waals surface area contributed by atoms with E-state index in [4.69, 9.17) is 4.42 Å². The van der Waals surface area contributed by atoms with Crippen molar-refractivity contribution in [3.8, 4) is 0 Å². The van der Waals surface area contributed by atoms with Crippen molar-refractivity contribution in [1.29, 1.82) is 0 Å². The molecule has 0 bridgehead atoms. The van der Waals surface area contributed by atoms with E-state index in [9.17, 15) is 9.59 Å². The maximum atomic E-state index is 12.9. The van der Waals surface area contributed by atoms with E-state index < -0.39 is 0 Å². The summed E-state index contributed by atoms with van der Waals surface area (Å²) in [7, 11) is 0. The molecule has 1 aliphatic heterocycles. The quantitative estimate of drug-likeness (QED) is 0.840. The number of fused-ring (bicyclic) bond motifs is 1. The summed E-state index contributed by atoms with van der Waals surface area (Å²) >= 11 is 3.45. The first-order valence-corrected chi connectivity index (χ1v) is 9.44. The average molecular weight is 407 g/mol. The molecule has 0 radical (unpaired) electrons. The van der Waals surface area contributed by atoms with Crippen LogP contribution in [0.5, 0.6) is 0 Å². The van der Waals surface area contributed by atoms with E-state index in [2.05, 4.69) is 21.2 Å². The molecule has 134 valence electrons. The first kappa shape index (κ1) is 18.0. The van der Waals surface area contributed by atoms with Gasteiger partial charge in [0.2, 0.25) is 5.91 Å². The number of nitrogens with one attached hydrogen (secondary N) is 1. The van der Waals surface area contributed by atoms with Crippen LogP contribution in [0.15, 0.2) is 27.1 Å². The zero-order chi connectivity index (χ0) is 18.1. The lowest BCUT2D eigenvalue weighted by molar-refractivity contribution is -0.125. The number of carbonyl (C=O) groups is 2. The lowest BCUT2D eigenvalue weighted by atomic mass is 10.0. The SMILES string of the molecule is Cc1c(C(=O)N2CCCC(NC(=O)C(C)C)C2)oc2ccc(Br)cc12. The molecule has 5 nitrogen and oxygen atoms in total. The van der Waals surface area contributed by atoms with Gasteiger partial charge in [-0.15, -0.1) is 0 Å². The predicted octanol–water partition coefficient (Wildman–Crippen LogP) is 3.88. The molecule has 2 amide bonds. The number of rotatable bonds is 3. The molecule has 1 atom stereocenters. The predicted molar refractivity (Wildman–Crippen MR) is 101 cm³/mol. The highest BCUT2D eigenvalue weighted by atomic mass is 79.9. The van der Waals surface area contributed by atoms with Gasteiger partial charge in [0, 0.05) is 40.5 Å². The molecule has 2 aromatic rings. The molecule has 1 unspecified atom stereocenters. The third-order valence-electron chi connectivity index (χ3n) is 4.67. The molecule has 3 rings (SSSR count). The molecule has 1 aromatic carbocycles. The van der Waals surface area contributed by atoms with Crippen LogP contribution in [-0.2, 0) is 4.79 Å². The van der Waals surface area contributed by atoms with Gasteiger partial charge in [-0.25, -0.2) is 0 Å². The van der Waals surface area contributed by atoms with Crippen molar-refractivity contribution in [3.63, 3.8) is 0 Å². The second-order valence-electron chi connectivity index (χ2n) is 6.95. The summed E-state index contributed by atoms with van der Waals surface area (Å²) in [6, 6.07) is 5.74. The number of nitrogens with zero attached hydrogens (tertiary/aromatic N) is 1. The molecule has 1 N–H and O–H groups in total. The number of carbonyl (C=O) groups excluding carboxylic acids is 2. The zero-order valence-corrected chi connectivity index (χ0v) is 16.4. The topological polar surface area (TPSA) is 62.6 Å². The molecule has 0 saturated carbocycles. The van der Waals surface area contributed by atoms with Gasteiger partial charge in [-0.3, -0.25) is 9.59 Å². The van der Waals surface area contributed by atoms with Crippen LogP contribution < -0.4 is 5.32 Å². The normalized spacial score (nSPS) is 18.0. The largest absolute Gasteiger partial charge is 0.451 e. The van der Waals surface area contributed by atoms with Gasteiger partial charge in [0.15, 0.2) is 5.76 Å². The highest BCUT2D eigenvalue weighted by Gasteiger charge is 2.29. The summed E-state index contributed by atoms with van der Waals surface area (Å²) in [6.07, 6.45) is 1.77. The molecule has 1 fully saturated rings. The van der Waals surface area contributed by atoms with E-state index in [0.29, 0.717) is 24.4 Å². The van der Waals surface area contributed by atoms with Crippen LogP contribution in [0.1, 0.15) is 42.8 Å². The molecule has 0 aliphatic carbocycles. The molecule has 25 heavy (non-hydrogen) atoms. The Balaban J connectivity index is 1.78. The van der Waals surface area contributed by atoms with E-state index in [1.807, 2.05) is 39.0 Å². The van der Waals surface area contributed by atoms with Crippen molar-refractivity contribution in [1.82, 2.24) is 10.2 Å². The molecule has 1 saturated heterocycles. The van der Waals surface area contributed by atoms with Crippen LogP contribution in [0.25, 0.3) is 11.0 Å². The Morgan fingerprint density at radius 3 is 2.84 bits per heavy atom. The van der Waals surface area contributed by atoms with E-state index in [-0.39, 0.29) is 23.8 Å². The van der Waals surface area contributed by atoms with Crippen LogP contribution in [0.4, 0.5) is 0 Å². The van der Waals surface area contributed by atoms with Crippen molar-refractivity contribution in [2.45, 2.75) is 39.7 Å². The van der Waals surface area contributed by atoms with Gasteiger partial charge in [-0.2, -0.15) is 0 Å². The summed E-state index contributed by atoms with van der Waals surface area (Å²) in [5.41, 5.74) is 1.57.